The molecule has 5 nitrogen and oxygen atoms in total. The van der Waals surface area contributed by atoms with E-state index in [2.05, 4.69) is 17.2 Å². The molecule has 0 amide bonds. The lowest BCUT2D eigenvalue weighted by atomic mass is 10.1. The van der Waals surface area contributed by atoms with E-state index < -0.39 is 6.10 Å². The van der Waals surface area contributed by atoms with Gasteiger partial charge in [-0.2, -0.15) is 0 Å². The highest BCUT2D eigenvalue weighted by Crippen LogP contribution is 2.20. The first-order valence-corrected chi connectivity index (χ1v) is 5.33. The largest absolute Gasteiger partial charge is 0.384 e. The fourth-order valence-electron chi connectivity index (χ4n) is 1.59. The Morgan fingerprint density at radius 2 is 2.27 bits per heavy atom. The SMILES string of the molecule is CCCn1nncc1C(O)C(CC)OC. The predicted octanol–water partition coefficient (Wildman–Crippen LogP) is 1.15. The Morgan fingerprint density at radius 1 is 1.53 bits per heavy atom. The van der Waals surface area contributed by atoms with Crippen LogP contribution in [0.1, 0.15) is 38.5 Å². The van der Waals surface area contributed by atoms with Gasteiger partial charge in [0, 0.05) is 13.7 Å². The Labute approximate surface area is 90.1 Å². The Morgan fingerprint density at radius 3 is 2.80 bits per heavy atom. The molecule has 0 aliphatic rings. The molecule has 0 bridgehead atoms. The highest BCUT2D eigenvalue weighted by atomic mass is 16.5. The molecule has 0 spiro atoms. The Hall–Kier alpha value is -0.940. The normalized spacial score (nSPS) is 15.2. The van der Waals surface area contributed by atoms with E-state index in [0.717, 1.165) is 25.1 Å². The van der Waals surface area contributed by atoms with Gasteiger partial charge in [0.15, 0.2) is 0 Å². The fourth-order valence-corrected chi connectivity index (χ4v) is 1.59. The molecule has 0 saturated carbocycles. The molecule has 2 atom stereocenters. The smallest absolute Gasteiger partial charge is 0.123 e. The average molecular weight is 213 g/mol. The zero-order valence-electron chi connectivity index (χ0n) is 9.55. The highest BCUT2D eigenvalue weighted by molar-refractivity contribution is 5.01. The van der Waals surface area contributed by atoms with E-state index in [0.29, 0.717) is 0 Å². The molecule has 0 aromatic carbocycles. The Balaban J connectivity index is 2.79. The summed E-state index contributed by atoms with van der Waals surface area (Å²) >= 11 is 0. The van der Waals surface area contributed by atoms with Gasteiger partial charge in [-0.3, -0.25) is 0 Å². The van der Waals surface area contributed by atoms with Gasteiger partial charge < -0.3 is 9.84 Å². The molecular formula is C10H19N3O2. The number of rotatable bonds is 6. The van der Waals surface area contributed by atoms with Crippen molar-refractivity contribution in [3.8, 4) is 0 Å². The molecule has 86 valence electrons. The molecule has 2 unspecified atom stereocenters. The number of ether oxygens (including phenoxy) is 1. The lowest BCUT2D eigenvalue weighted by molar-refractivity contribution is -0.0190. The number of aryl methyl sites for hydroxylation is 1. The summed E-state index contributed by atoms with van der Waals surface area (Å²) in [7, 11) is 1.60. The molecule has 15 heavy (non-hydrogen) atoms. The minimum absolute atomic E-state index is 0.195. The Kier molecular flexibility index (Phi) is 4.71. The van der Waals surface area contributed by atoms with E-state index in [1.807, 2.05) is 6.92 Å². The first-order chi connectivity index (χ1) is 7.24. The fraction of sp³-hybridized carbons (Fsp3) is 0.800. The summed E-state index contributed by atoms with van der Waals surface area (Å²) in [6.45, 7) is 4.81. The molecule has 1 rings (SSSR count). The molecule has 0 aliphatic carbocycles. The van der Waals surface area contributed by atoms with Crippen molar-refractivity contribution < 1.29 is 9.84 Å². The van der Waals surface area contributed by atoms with Crippen LogP contribution in [-0.2, 0) is 11.3 Å². The van der Waals surface area contributed by atoms with Gasteiger partial charge in [0.25, 0.3) is 0 Å². The van der Waals surface area contributed by atoms with Crippen LogP contribution in [0.25, 0.3) is 0 Å². The van der Waals surface area contributed by atoms with Crippen molar-refractivity contribution in [2.75, 3.05) is 7.11 Å². The third kappa shape index (κ3) is 2.76. The van der Waals surface area contributed by atoms with Crippen LogP contribution in [0.3, 0.4) is 0 Å². The van der Waals surface area contributed by atoms with Crippen LogP contribution in [0, 0.1) is 0 Å². The first-order valence-electron chi connectivity index (χ1n) is 5.33. The second kappa shape index (κ2) is 5.82. The summed E-state index contributed by atoms with van der Waals surface area (Å²) in [6.07, 6.45) is 2.48. The topological polar surface area (TPSA) is 60.2 Å². The van der Waals surface area contributed by atoms with E-state index in [9.17, 15) is 5.11 Å². The third-order valence-electron chi connectivity index (χ3n) is 2.44. The molecule has 1 aromatic heterocycles. The van der Waals surface area contributed by atoms with Crippen molar-refractivity contribution in [2.45, 2.75) is 45.4 Å². The van der Waals surface area contributed by atoms with Crippen LogP contribution in [0.5, 0.6) is 0 Å². The minimum Gasteiger partial charge on any atom is -0.384 e. The number of methoxy groups -OCH3 is 1. The van der Waals surface area contributed by atoms with Crippen molar-refractivity contribution in [1.82, 2.24) is 15.0 Å². The molecule has 0 saturated heterocycles. The van der Waals surface area contributed by atoms with Crippen molar-refractivity contribution in [3.63, 3.8) is 0 Å². The van der Waals surface area contributed by atoms with E-state index in [4.69, 9.17) is 4.74 Å². The summed E-state index contributed by atoms with van der Waals surface area (Å²) in [5, 5.41) is 17.8. The van der Waals surface area contributed by atoms with Gasteiger partial charge in [-0.05, 0) is 12.8 Å². The summed E-state index contributed by atoms with van der Waals surface area (Å²) in [5.74, 6) is 0. The third-order valence-corrected chi connectivity index (χ3v) is 2.44. The summed E-state index contributed by atoms with van der Waals surface area (Å²) in [6, 6.07) is 0. The van der Waals surface area contributed by atoms with Crippen molar-refractivity contribution in [3.05, 3.63) is 11.9 Å². The van der Waals surface area contributed by atoms with Gasteiger partial charge in [-0.15, -0.1) is 5.10 Å². The van der Waals surface area contributed by atoms with Crippen LogP contribution in [0.2, 0.25) is 0 Å². The second-order valence-electron chi connectivity index (χ2n) is 3.51. The second-order valence-corrected chi connectivity index (χ2v) is 3.51. The molecule has 0 aliphatic heterocycles. The maximum atomic E-state index is 10.1. The van der Waals surface area contributed by atoms with Gasteiger partial charge in [0.05, 0.1) is 18.0 Å². The maximum absolute atomic E-state index is 10.1. The van der Waals surface area contributed by atoms with Crippen molar-refractivity contribution >= 4 is 0 Å². The molecule has 5 heteroatoms. The maximum Gasteiger partial charge on any atom is 0.123 e. The number of aliphatic hydroxyl groups excluding tert-OH is 1. The zero-order chi connectivity index (χ0) is 11.3. The molecular weight excluding hydrogens is 194 g/mol. The summed E-state index contributed by atoms with van der Waals surface area (Å²) < 4.78 is 6.93. The lowest BCUT2D eigenvalue weighted by Crippen LogP contribution is -2.22. The minimum atomic E-state index is -0.651. The summed E-state index contributed by atoms with van der Waals surface area (Å²) in [4.78, 5) is 0. The van der Waals surface area contributed by atoms with Crippen LogP contribution in [-0.4, -0.2) is 33.3 Å². The van der Waals surface area contributed by atoms with Crippen molar-refractivity contribution in [1.29, 1.82) is 0 Å². The van der Waals surface area contributed by atoms with Crippen LogP contribution in [0.4, 0.5) is 0 Å². The molecule has 0 fully saturated rings. The zero-order valence-corrected chi connectivity index (χ0v) is 9.55. The standard InChI is InChI=1S/C10H19N3O2/c1-4-6-13-8(7-11-12-13)10(14)9(5-2)15-3/h7,9-10,14H,4-6H2,1-3H3. The molecule has 0 radical (unpaired) electrons. The summed E-state index contributed by atoms with van der Waals surface area (Å²) in [5.41, 5.74) is 0.727. The molecule has 1 aromatic rings. The van der Waals surface area contributed by atoms with E-state index in [1.54, 1.807) is 18.0 Å². The number of nitrogens with zero attached hydrogens (tertiary/aromatic N) is 3. The number of aliphatic hydroxyl groups is 1. The highest BCUT2D eigenvalue weighted by Gasteiger charge is 2.22. The van der Waals surface area contributed by atoms with Gasteiger partial charge in [-0.1, -0.05) is 19.1 Å². The Bertz CT molecular complexity index is 284. The monoisotopic (exact) mass is 213 g/mol. The average Bonchev–Trinajstić information content (AvgIpc) is 2.68. The van der Waals surface area contributed by atoms with E-state index in [-0.39, 0.29) is 6.10 Å². The van der Waals surface area contributed by atoms with Gasteiger partial charge in [-0.25, -0.2) is 4.68 Å². The quantitative estimate of drug-likeness (QED) is 0.770. The van der Waals surface area contributed by atoms with E-state index in [1.165, 1.54) is 0 Å². The number of hydrogen-bond donors (Lipinski definition) is 1. The lowest BCUT2D eigenvalue weighted by Gasteiger charge is -2.20. The van der Waals surface area contributed by atoms with E-state index >= 15 is 0 Å². The number of hydrogen-bond acceptors (Lipinski definition) is 4. The van der Waals surface area contributed by atoms with Gasteiger partial charge in [0.1, 0.15) is 6.10 Å². The first kappa shape index (κ1) is 12.1. The van der Waals surface area contributed by atoms with Crippen LogP contribution >= 0.6 is 0 Å². The van der Waals surface area contributed by atoms with Gasteiger partial charge >= 0.3 is 0 Å². The predicted molar refractivity (Wildman–Crippen MR) is 56.4 cm³/mol. The molecule has 1 heterocycles. The van der Waals surface area contributed by atoms with Crippen molar-refractivity contribution in [2.24, 2.45) is 0 Å². The number of aromatic nitrogens is 3. The molecule has 1 N–H and O–H groups in total. The van der Waals surface area contributed by atoms with Gasteiger partial charge in [0.2, 0.25) is 0 Å². The van der Waals surface area contributed by atoms with Crippen LogP contribution < -0.4 is 0 Å². The van der Waals surface area contributed by atoms with Crippen LogP contribution in [0.15, 0.2) is 6.20 Å².